The predicted octanol–water partition coefficient (Wildman–Crippen LogP) is 0.753. The lowest BCUT2D eigenvalue weighted by atomic mass is 10.1. The van der Waals surface area contributed by atoms with Crippen LogP contribution in [0.1, 0.15) is 17.3 Å². The summed E-state index contributed by atoms with van der Waals surface area (Å²) in [5.74, 6) is -1.74. The Morgan fingerprint density at radius 1 is 1.53 bits per heavy atom. The van der Waals surface area contributed by atoms with Gasteiger partial charge in [0.1, 0.15) is 17.1 Å². The molecule has 2 rings (SSSR count). The second-order valence-corrected chi connectivity index (χ2v) is 4.60. The minimum atomic E-state index is -0.760. The topological polar surface area (TPSA) is 70.0 Å². The summed E-state index contributed by atoms with van der Waals surface area (Å²) in [4.78, 5) is 13.6. The first-order valence-electron chi connectivity index (χ1n) is 6.06. The molecule has 1 aliphatic rings. The highest BCUT2D eigenvalue weighted by Crippen LogP contribution is 2.23. The van der Waals surface area contributed by atoms with Crippen LogP contribution in [0.25, 0.3) is 0 Å². The smallest absolute Gasteiger partial charge is 0.260 e. The summed E-state index contributed by atoms with van der Waals surface area (Å²) in [5, 5.41) is 18.7. The SMILES string of the molecule is CC1CN(C(=O)c2c(O)cccc2F)CC(CO)O1. The fraction of sp³-hybridized carbons (Fsp3) is 0.462. The highest BCUT2D eigenvalue weighted by atomic mass is 19.1. The van der Waals surface area contributed by atoms with E-state index in [1.807, 2.05) is 0 Å². The van der Waals surface area contributed by atoms with Crippen molar-refractivity contribution in [3.63, 3.8) is 0 Å². The van der Waals surface area contributed by atoms with E-state index in [1.54, 1.807) is 6.92 Å². The molecule has 1 saturated heterocycles. The monoisotopic (exact) mass is 269 g/mol. The number of aromatic hydroxyl groups is 1. The Balaban J connectivity index is 2.24. The van der Waals surface area contributed by atoms with Crippen molar-refractivity contribution in [3.05, 3.63) is 29.6 Å². The van der Waals surface area contributed by atoms with E-state index in [1.165, 1.54) is 17.0 Å². The quantitative estimate of drug-likeness (QED) is 0.831. The fourth-order valence-corrected chi connectivity index (χ4v) is 2.19. The highest BCUT2D eigenvalue weighted by molar-refractivity contribution is 5.97. The van der Waals surface area contributed by atoms with Crippen LogP contribution in [0.4, 0.5) is 4.39 Å². The molecule has 19 heavy (non-hydrogen) atoms. The van der Waals surface area contributed by atoms with Crippen molar-refractivity contribution in [2.24, 2.45) is 0 Å². The van der Waals surface area contributed by atoms with Gasteiger partial charge in [0, 0.05) is 13.1 Å². The minimum absolute atomic E-state index is 0.174. The number of amides is 1. The lowest BCUT2D eigenvalue weighted by Gasteiger charge is -2.36. The number of hydrogen-bond acceptors (Lipinski definition) is 4. The standard InChI is InChI=1S/C13H16FNO4/c1-8-5-15(6-9(7-16)19-8)13(18)12-10(14)3-2-4-11(12)17/h2-4,8-9,16-17H,5-7H2,1H3. The first kappa shape index (κ1) is 13.8. The molecule has 0 bridgehead atoms. The molecule has 2 atom stereocenters. The maximum Gasteiger partial charge on any atom is 0.260 e. The van der Waals surface area contributed by atoms with Gasteiger partial charge in [0.15, 0.2) is 0 Å². The van der Waals surface area contributed by atoms with Crippen LogP contribution in [0.2, 0.25) is 0 Å². The van der Waals surface area contributed by atoms with Crippen molar-refractivity contribution in [1.82, 2.24) is 4.90 Å². The molecular formula is C13H16FNO4. The number of hydrogen-bond donors (Lipinski definition) is 2. The number of ether oxygens (including phenoxy) is 1. The third-order valence-electron chi connectivity index (χ3n) is 3.02. The van der Waals surface area contributed by atoms with Gasteiger partial charge in [-0.25, -0.2) is 4.39 Å². The zero-order valence-electron chi connectivity index (χ0n) is 10.5. The fourth-order valence-electron chi connectivity index (χ4n) is 2.19. The number of phenolic OH excluding ortho intramolecular Hbond substituents is 1. The number of carbonyl (C=O) groups excluding carboxylic acids is 1. The molecule has 1 fully saturated rings. The molecular weight excluding hydrogens is 253 g/mol. The third kappa shape index (κ3) is 2.85. The Morgan fingerprint density at radius 3 is 2.89 bits per heavy atom. The summed E-state index contributed by atoms with van der Waals surface area (Å²) in [7, 11) is 0. The molecule has 1 heterocycles. The summed E-state index contributed by atoms with van der Waals surface area (Å²) in [5.41, 5.74) is -0.340. The van der Waals surface area contributed by atoms with Gasteiger partial charge in [-0.05, 0) is 19.1 Å². The van der Waals surface area contributed by atoms with Crippen LogP contribution in [0, 0.1) is 5.82 Å². The van der Waals surface area contributed by atoms with Crippen LogP contribution < -0.4 is 0 Å². The second-order valence-electron chi connectivity index (χ2n) is 4.60. The van der Waals surface area contributed by atoms with E-state index in [-0.39, 0.29) is 30.6 Å². The normalized spacial score (nSPS) is 23.4. The van der Waals surface area contributed by atoms with Crippen molar-refractivity contribution in [2.45, 2.75) is 19.1 Å². The molecule has 0 aromatic heterocycles. The first-order valence-corrected chi connectivity index (χ1v) is 6.06. The van der Waals surface area contributed by atoms with Gasteiger partial charge in [0.05, 0.1) is 18.8 Å². The Kier molecular flexibility index (Phi) is 4.01. The van der Waals surface area contributed by atoms with Gasteiger partial charge in [0.25, 0.3) is 5.91 Å². The van der Waals surface area contributed by atoms with Crippen LogP contribution in [0.5, 0.6) is 5.75 Å². The molecule has 0 radical (unpaired) electrons. The number of benzene rings is 1. The van der Waals surface area contributed by atoms with Gasteiger partial charge in [-0.2, -0.15) is 0 Å². The molecule has 6 heteroatoms. The maximum atomic E-state index is 13.6. The zero-order valence-corrected chi connectivity index (χ0v) is 10.5. The molecule has 2 N–H and O–H groups in total. The number of morpholine rings is 1. The van der Waals surface area contributed by atoms with Crippen molar-refractivity contribution in [2.75, 3.05) is 19.7 Å². The second kappa shape index (κ2) is 5.54. The molecule has 5 nitrogen and oxygen atoms in total. The number of nitrogens with zero attached hydrogens (tertiary/aromatic N) is 1. The van der Waals surface area contributed by atoms with Crippen molar-refractivity contribution in [3.8, 4) is 5.75 Å². The van der Waals surface area contributed by atoms with Crippen molar-refractivity contribution in [1.29, 1.82) is 0 Å². The summed E-state index contributed by atoms with van der Waals surface area (Å²) >= 11 is 0. The number of aliphatic hydroxyl groups excluding tert-OH is 1. The summed E-state index contributed by atoms with van der Waals surface area (Å²) < 4.78 is 19.1. The van der Waals surface area contributed by atoms with Gasteiger partial charge in [-0.15, -0.1) is 0 Å². The molecule has 1 amide bonds. The molecule has 0 spiro atoms. The Morgan fingerprint density at radius 2 is 2.26 bits per heavy atom. The van der Waals surface area contributed by atoms with E-state index in [9.17, 15) is 14.3 Å². The number of phenols is 1. The van der Waals surface area contributed by atoms with Crippen molar-refractivity contribution >= 4 is 5.91 Å². The number of rotatable bonds is 2. The van der Waals surface area contributed by atoms with Crippen LogP contribution in [-0.2, 0) is 4.74 Å². The number of halogens is 1. The lowest BCUT2D eigenvalue weighted by molar-refractivity contribution is -0.0859. The van der Waals surface area contributed by atoms with E-state index in [4.69, 9.17) is 9.84 Å². The van der Waals surface area contributed by atoms with Gasteiger partial charge in [0.2, 0.25) is 0 Å². The van der Waals surface area contributed by atoms with E-state index in [0.29, 0.717) is 6.54 Å². The number of aliphatic hydroxyl groups is 1. The average molecular weight is 269 g/mol. The molecule has 0 saturated carbocycles. The molecule has 1 aromatic rings. The Labute approximate surface area is 110 Å². The summed E-state index contributed by atoms with van der Waals surface area (Å²) in [6.07, 6.45) is -0.731. The molecule has 1 aliphatic heterocycles. The lowest BCUT2D eigenvalue weighted by Crippen LogP contribution is -2.50. The zero-order chi connectivity index (χ0) is 14.0. The summed E-state index contributed by atoms with van der Waals surface area (Å²) in [6, 6.07) is 3.73. The molecule has 104 valence electrons. The van der Waals surface area contributed by atoms with Crippen molar-refractivity contribution < 1.29 is 24.1 Å². The van der Waals surface area contributed by atoms with Crippen LogP contribution in [-0.4, -0.2) is 52.9 Å². The molecule has 0 aliphatic carbocycles. The van der Waals surface area contributed by atoms with E-state index in [2.05, 4.69) is 0 Å². The van der Waals surface area contributed by atoms with Gasteiger partial charge in [-0.3, -0.25) is 4.79 Å². The van der Waals surface area contributed by atoms with Crippen LogP contribution >= 0.6 is 0 Å². The molecule has 2 unspecified atom stereocenters. The first-order chi connectivity index (χ1) is 9.02. The Hall–Kier alpha value is -1.66. The van der Waals surface area contributed by atoms with E-state index >= 15 is 0 Å². The largest absolute Gasteiger partial charge is 0.507 e. The maximum absolute atomic E-state index is 13.6. The summed E-state index contributed by atoms with van der Waals surface area (Å²) in [6.45, 7) is 2.03. The predicted molar refractivity (Wildman–Crippen MR) is 65.4 cm³/mol. The average Bonchev–Trinajstić information content (AvgIpc) is 2.37. The minimum Gasteiger partial charge on any atom is -0.507 e. The number of carbonyl (C=O) groups is 1. The Bertz CT molecular complexity index is 459. The van der Waals surface area contributed by atoms with E-state index < -0.39 is 17.8 Å². The molecule has 1 aromatic carbocycles. The van der Waals surface area contributed by atoms with Gasteiger partial charge < -0.3 is 19.8 Å². The van der Waals surface area contributed by atoms with Gasteiger partial charge >= 0.3 is 0 Å². The van der Waals surface area contributed by atoms with Crippen LogP contribution in [0.3, 0.4) is 0 Å². The van der Waals surface area contributed by atoms with E-state index in [0.717, 1.165) is 6.07 Å². The van der Waals surface area contributed by atoms with Crippen LogP contribution in [0.15, 0.2) is 18.2 Å². The highest BCUT2D eigenvalue weighted by Gasteiger charge is 2.30. The van der Waals surface area contributed by atoms with Gasteiger partial charge in [-0.1, -0.05) is 6.07 Å². The third-order valence-corrected chi connectivity index (χ3v) is 3.02.